The maximum Gasteiger partial charge on any atom is 0.427 e. The van der Waals surface area contributed by atoms with Gasteiger partial charge in [0.2, 0.25) is 5.95 Å². The lowest BCUT2D eigenvalue weighted by molar-refractivity contribution is -0.385. The van der Waals surface area contributed by atoms with Crippen molar-refractivity contribution in [2.75, 3.05) is 4.90 Å². The number of carbonyl (C=O) groups excluding carboxylic acids is 2. The van der Waals surface area contributed by atoms with Gasteiger partial charge in [-0.3, -0.25) is 10.1 Å². The Kier molecular flexibility index (Phi) is 5.43. The van der Waals surface area contributed by atoms with Gasteiger partial charge in [-0.15, -0.1) is 4.90 Å². The molecule has 0 aliphatic rings. The zero-order valence-corrected chi connectivity index (χ0v) is 14.4. The minimum Gasteiger partial charge on any atom is -0.443 e. The zero-order chi connectivity index (χ0) is 18.7. The van der Waals surface area contributed by atoms with E-state index in [0.717, 1.165) is 12.4 Å². The first-order valence-corrected chi connectivity index (χ1v) is 7.03. The molecule has 0 spiro atoms. The molecule has 1 heterocycles. The van der Waals surface area contributed by atoms with Gasteiger partial charge in [0.25, 0.3) is 0 Å². The molecule has 1 rings (SSSR count). The minimum absolute atomic E-state index is 0.382. The number of aromatic nitrogens is 2. The highest BCUT2D eigenvalue weighted by Crippen LogP contribution is 2.19. The fourth-order valence-corrected chi connectivity index (χ4v) is 1.38. The largest absolute Gasteiger partial charge is 0.443 e. The second-order valence-electron chi connectivity index (χ2n) is 6.79. The van der Waals surface area contributed by atoms with Crippen molar-refractivity contribution < 1.29 is 24.0 Å². The molecule has 10 heteroatoms. The van der Waals surface area contributed by atoms with Gasteiger partial charge in [0.1, 0.15) is 23.6 Å². The van der Waals surface area contributed by atoms with Crippen LogP contribution in [0.1, 0.15) is 41.5 Å². The van der Waals surface area contributed by atoms with Crippen LogP contribution in [0.25, 0.3) is 0 Å². The lowest BCUT2D eigenvalue weighted by Gasteiger charge is -2.27. The molecule has 0 unspecified atom stereocenters. The molecule has 0 radical (unpaired) electrons. The molecule has 24 heavy (non-hydrogen) atoms. The fourth-order valence-electron chi connectivity index (χ4n) is 1.38. The van der Waals surface area contributed by atoms with E-state index in [9.17, 15) is 19.7 Å². The van der Waals surface area contributed by atoms with Gasteiger partial charge in [0, 0.05) is 0 Å². The average molecular weight is 340 g/mol. The van der Waals surface area contributed by atoms with E-state index in [0.29, 0.717) is 4.90 Å². The van der Waals surface area contributed by atoms with Crippen LogP contribution >= 0.6 is 0 Å². The minimum atomic E-state index is -1.05. The number of amides is 2. The first-order chi connectivity index (χ1) is 10.8. The van der Waals surface area contributed by atoms with Gasteiger partial charge < -0.3 is 9.47 Å². The molecule has 0 fully saturated rings. The highest BCUT2D eigenvalue weighted by Gasteiger charge is 2.34. The number of imide groups is 1. The van der Waals surface area contributed by atoms with E-state index in [1.165, 1.54) is 0 Å². The molecular weight excluding hydrogens is 320 g/mol. The summed E-state index contributed by atoms with van der Waals surface area (Å²) in [5.74, 6) is -0.385. The van der Waals surface area contributed by atoms with Crippen molar-refractivity contribution in [3.05, 3.63) is 22.5 Å². The van der Waals surface area contributed by atoms with Crippen molar-refractivity contribution in [1.29, 1.82) is 0 Å². The van der Waals surface area contributed by atoms with Crippen molar-refractivity contribution >= 4 is 23.8 Å². The van der Waals surface area contributed by atoms with Crippen LogP contribution in [-0.4, -0.2) is 38.3 Å². The lowest BCUT2D eigenvalue weighted by atomic mass is 10.2. The van der Waals surface area contributed by atoms with Crippen LogP contribution in [0, 0.1) is 10.1 Å². The van der Waals surface area contributed by atoms with Crippen LogP contribution in [-0.2, 0) is 9.47 Å². The van der Waals surface area contributed by atoms with Crippen LogP contribution in [0.2, 0.25) is 0 Å². The van der Waals surface area contributed by atoms with Gasteiger partial charge in [0.05, 0.1) is 4.92 Å². The first-order valence-electron chi connectivity index (χ1n) is 7.03. The number of nitrogens with zero attached hydrogens (tertiary/aromatic N) is 4. The molecule has 0 bridgehead atoms. The zero-order valence-electron chi connectivity index (χ0n) is 14.4. The monoisotopic (exact) mass is 340 g/mol. The summed E-state index contributed by atoms with van der Waals surface area (Å²) in [5.41, 5.74) is -2.14. The molecule has 0 saturated carbocycles. The Balaban J connectivity index is 3.19. The summed E-state index contributed by atoms with van der Waals surface area (Å²) >= 11 is 0. The summed E-state index contributed by atoms with van der Waals surface area (Å²) in [6.07, 6.45) is -0.343. The summed E-state index contributed by atoms with van der Waals surface area (Å²) in [7, 11) is 0. The summed E-state index contributed by atoms with van der Waals surface area (Å²) in [6, 6.07) is 0. The third kappa shape index (κ3) is 5.78. The van der Waals surface area contributed by atoms with Gasteiger partial charge in [-0.05, 0) is 41.5 Å². The number of hydrogen-bond acceptors (Lipinski definition) is 8. The van der Waals surface area contributed by atoms with Gasteiger partial charge in [-0.2, -0.15) is 0 Å². The van der Waals surface area contributed by atoms with Crippen molar-refractivity contribution in [2.45, 2.75) is 52.7 Å². The normalized spacial score (nSPS) is 11.6. The van der Waals surface area contributed by atoms with Gasteiger partial charge in [-0.25, -0.2) is 19.6 Å². The standard InChI is InChI=1S/C14H20N4O6/c1-13(2,3)23-11(19)17(12(20)24-14(4,5)6)10-15-7-9(8-16-10)18(21)22/h7-8H,1-6H3. The molecule has 0 aliphatic carbocycles. The molecular formula is C14H20N4O6. The van der Waals surface area contributed by atoms with Crippen LogP contribution in [0.5, 0.6) is 0 Å². The number of carbonyl (C=O) groups is 2. The van der Waals surface area contributed by atoms with Crippen molar-refractivity contribution in [3.8, 4) is 0 Å². The molecule has 0 saturated heterocycles. The van der Waals surface area contributed by atoms with E-state index in [1.807, 2.05) is 0 Å². The Morgan fingerprint density at radius 3 is 1.67 bits per heavy atom. The van der Waals surface area contributed by atoms with Crippen molar-refractivity contribution in [1.82, 2.24) is 9.97 Å². The maximum atomic E-state index is 12.3. The van der Waals surface area contributed by atoms with Crippen LogP contribution in [0.3, 0.4) is 0 Å². The summed E-state index contributed by atoms with van der Waals surface area (Å²) in [6.45, 7) is 9.72. The molecule has 1 aromatic rings. The number of rotatable bonds is 2. The predicted molar refractivity (Wildman–Crippen MR) is 83.6 cm³/mol. The Morgan fingerprint density at radius 2 is 1.38 bits per heavy atom. The average Bonchev–Trinajstić information content (AvgIpc) is 2.34. The third-order valence-electron chi connectivity index (χ3n) is 2.19. The molecule has 0 N–H and O–H groups in total. The lowest BCUT2D eigenvalue weighted by Crippen LogP contribution is -2.44. The highest BCUT2D eigenvalue weighted by molar-refractivity contribution is 6.08. The molecule has 0 atom stereocenters. The number of anilines is 1. The maximum absolute atomic E-state index is 12.3. The number of hydrogen-bond donors (Lipinski definition) is 0. The quantitative estimate of drug-likeness (QED) is 0.594. The summed E-state index contributed by atoms with van der Waals surface area (Å²) in [5, 5.41) is 10.7. The van der Waals surface area contributed by atoms with Crippen molar-refractivity contribution in [2.24, 2.45) is 0 Å². The first kappa shape index (κ1) is 19.3. The number of ether oxygens (including phenoxy) is 2. The second kappa shape index (κ2) is 6.77. The molecule has 2 amide bonds. The molecule has 132 valence electrons. The summed E-state index contributed by atoms with van der Waals surface area (Å²) in [4.78, 5) is 42.4. The number of nitro groups is 1. The van der Waals surface area contributed by atoms with Gasteiger partial charge >= 0.3 is 17.9 Å². The van der Waals surface area contributed by atoms with Crippen LogP contribution < -0.4 is 4.90 Å². The smallest absolute Gasteiger partial charge is 0.427 e. The van der Waals surface area contributed by atoms with Crippen molar-refractivity contribution in [3.63, 3.8) is 0 Å². The van der Waals surface area contributed by atoms with Gasteiger partial charge in [-0.1, -0.05) is 0 Å². The Hall–Kier alpha value is -2.78. The van der Waals surface area contributed by atoms with Gasteiger partial charge in [0.15, 0.2) is 0 Å². The van der Waals surface area contributed by atoms with E-state index in [4.69, 9.17) is 9.47 Å². The predicted octanol–water partition coefficient (Wildman–Crippen LogP) is 3.06. The Morgan fingerprint density at radius 1 is 1.00 bits per heavy atom. The highest BCUT2D eigenvalue weighted by atomic mass is 16.6. The van der Waals surface area contributed by atoms with Crippen LogP contribution in [0.4, 0.5) is 21.2 Å². The molecule has 1 aromatic heterocycles. The fraction of sp³-hybridized carbons (Fsp3) is 0.571. The molecule has 0 aliphatic heterocycles. The topological polar surface area (TPSA) is 125 Å². The second-order valence-corrected chi connectivity index (χ2v) is 6.79. The Bertz CT molecular complexity index is 602. The molecule has 0 aromatic carbocycles. The van der Waals surface area contributed by atoms with E-state index in [-0.39, 0.29) is 11.6 Å². The summed E-state index contributed by atoms with van der Waals surface area (Å²) < 4.78 is 10.3. The van der Waals surface area contributed by atoms with E-state index in [2.05, 4.69) is 9.97 Å². The van der Waals surface area contributed by atoms with Crippen LogP contribution in [0.15, 0.2) is 12.4 Å². The van der Waals surface area contributed by atoms with E-state index < -0.39 is 28.3 Å². The van der Waals surface area contributed by atoms with E-state index >= 15 is 0 Å². The SMILES string of the molecule is CC(C)(C)OC(=O)N(C(=O)OC(C)(C)C)c1ncc([N+](=O)[O-])cn1. The molecule has 10 nitrogen and oxygen atoms in total. The third-order valence-corrected chi connectivity index (χ3v) is 2.19. The Labute approximate surface area is 138 Å². The van der Waals surface area contributed by atoms with E-state index in [1.54, 1.807) is 41.5 Å².